The van der Waals surface area contributed by atoms with Crippen molar-refractivity contribution in [1.29, 1.82) is 0 Å². The number of nitrogens with one attached hydrogen (secondary N) is 1. The molecule has 112 valence electrons. The fourth-order valence-corrected chi connectivity index (χ4v) is 2.63. The third kappa shape index (κ3) is 2.54. The van der Waals surface area contributed by atoms with Crippen molar-refractivity contribution in [3.63, 3.8) is 0 Å². The van der Waals surface area contributed by atoms with Crippen LogP contribution in [-0.4, -0.2) is 29.9 Å². The molecule has 4 nitrogen and oxygen atoms in total. The van der Waals surface area contributed by atoms with Crippen LogP contribution in [0.1, 0.15) is 25.5 Å². The van der Waals surface area contributed by atoms with Gasteiger partial charge in [-0.3, -0.25) is 10.1 Å². The molecule has 1 saturated heterocycles. The lowest BCUT2D eigenvalue weighted by molar-refractivity contribution is -0.198. The van der Waals surface area contributed by atoms with Crippen molar-refractivity contribution >= 4 is 5.97 Å². The number of carbonyl (C=O) groups excluding carboxylic acids is 1. The first-order chi connectivity index (χ1) is 9.40. The summed E-state index contributed by atoms with van der Waals surface area (Å²) in [6.45, 7) is 1.96. The Morgan fingerprint density at radius 2 is 2.30 bits per heavy atom. The number of halogens is 3. The van der Waals surface area contributed by atoms with Crippen LogP contribution in [0, 0.1) is 0 Å². The fourth-order valence-electron chi connectivity index (χ4n) is 2.63. The molecule has 1 aromatic rings. The molecule has 1 atom stereocenters. The summed E-state index contributed by atoms with van der Waals surface area (Å²) in [4.78, 5) is 11.5. The van der Waals surface area contributed by atoms with Crippen molar-refractivity contribution < 1.29 is 22.7 Å². The Bertz CT molecular complexity index is 476. The Morgan fingerprint density at radius 3 is 2.85 bits per heavy atom. The molecule has 0 saturated carbocycles. The van der Waals surface area contributed by atoms with Crippen molar-refractivity contribution in [3.05, 3.63) is 24.0 Å². The van der Waals surface area contributed by atoms with Gasteiger partial charge < -0.3 is 9.30 Å². The quantitative estimate of drug-likeness (QED) is 0.864. The molecule has 1 aliphatic heterocycles. The number of rotatable bonds is 4. The zero-order valence-electron chi connectivity index (χ0n) is 11.2. The molecule has 20 heavy (non-hydrogen) atoms. The Kier molecular flexibility index (Phi) is 4.08. The van der Waals surface area contributed by atoms with Crippen LogP contribution in [0.2, 0.25) is 0 Å². The van der Waals surface area contributed by atoms with Gasteiger partial charge in [-0.25, -0.2) is 0 Å². The van der Waals surface area contributed by atoms with Gasteiger partial charge in [0.25, 0.3) is 0 Å². The molecule has 0 amide bonds. The number of ether oxygens (including phenoxy) is 1. The topological polar surface area (TPSA) is 43.3 Å². The summed E-state index contributed by atoms with van der Waals surface area (Å²) in [5, 5.41) is 2.56. The Morgan fingerprint density at radius 1 is 1.55 bits per heavy atom. The lowest BCUT2D eigenvalue weighted by Crippen LogP contribution is -2.51. The molecule has 0 bridgehead atoms. The normalized spacial score (nSPS) is 23.0. The number of nitrogens with zero attached hydrogens (tertiary/aromatic N) is 1. The van der Waals surface area contributed by atoms with Gasteiger partial charge in [0.1, 0.15) is 6.54 Å². The van der Waals surface area contributed by atoms with Gasteiger partial charge in [-0.05, 0) is 38.4 Å². The van der Waals surface area contributed by atoms with Gasteiger partial charge >= 0.3 is 12.1 Å². The summed E-state index contributed by atoms with van der Waals surface area (Å²) < 4.78 is 46.5. The highest BCUT2D eigenvalue weighted by molar-refractivity contribution is 5.69. The van der Waals surface area contributed by atoms with E-state index in [1.165, 1.54) is 22.9 Å². The van der Waals surface area contributed by atoms with Gasteiger partial charge in [0.2, 0.25) is 0 Å². The molecule has 0 spiro atoms. The van der Waals surface area contributed by atoms with E-state index in [1.54, 1.807) is 6.92 Å². The van der Waals surface area contributed by atoms with E-state index in [9.17, 15) is 18.0 Å². The second-order valence-electron chi connectivity index (χ2n) is 4.76. The second-order valence-corrected chi connectivity index (χ2v) is 4.76. The summed E-state index contributed by atoms with van der Waals surface area (Å²) >= 11 is 0. The first kappa shape index (κ1) is 14.9. The maximum absolute atomic E-state index is 13.5. The average Bonchev–Trinajstić information content (AvgIpc) is 2.96. The SMILES string of the molecule is CCOC(=O)Cn1cccc1C1(C(F)(F)F)CCCN1. The number of hydrogen-bond acceptors (Lipinski definition) is 3. The molecule has 1 unspecified atom stereocenters. The minimum atomic E-state index is -4.41. The van der Waals surface area contributed by atoms with E-state index >= 15 is 0 Å². The Labute approximate surface area is 114 Å². The van der Waals surface area contributed by atoms with Gasteiger partial charge in [-0.15, -0.1) is 0 Å². The van der Waals surface area contributed by atoms with Crippen molar-refractivity contribution in [3.8, 4) is 0 Å². The van der Waals surface area contributed by atoms with E-state index < -0.39 is 17.7 Å². The fraction of sp³-hybridized carbons (Fsp3) is 0.615. The van der Waals surface area contributed by atoms with Crippen LogP contribution in [0.25, 0.3) is 0 Å². The lowest BCUT2D eigenvalue weighted by atomic mass is 9.92. The van der Waals surface area contributed by atoms with Gasteiger partial charge in [0.05, 0.1) is 6.61 Å². The van der Waals surface area contributed by atoms with Gasteiger partial charge in [0, 0.05) is 11.9 Å². The molecule has 1 fully saturated rings. The largest absolute Gasteiger partial charge is 0.465 e. The molecule has 0 aliphatic carbocycles. The molecule has 2 heterocycles. The molecular weight excluding hydrogens is 273 g/mol. The summed E-state index contributed by atoms with van der Waals surface area (Å²) in [6.07, 6.45) is -2.51. The minimum Gasteiger partial charge on any atom is -0.465 e. The van der Waals surface area contributed by atoms with Gasteiger partial charge in [0.15, 0.2) is 5.54 Å². The Balaban J connectivity index is 2.32. The van der Waals surface area contributed by atoms with Crippen LogP contribution in [0.4, 0.5) is 13.2 Å². The maximum Gasteiger partial charge on any atom is 0.412 e. The van der Waals surface area contributed by atoms with E-state index in [4.69, 9.17) is 4.74 Å². The smallest absolute Gasteiger partial charge is 0.412 e. The first-order valence-electron chi connectivity index (χ1n) is 6.54. The molecular formula is C13H17F3N2O2. The zero-order chi connectivity index (χ0) is 14.8. The number of hydrogen-bond donors (Lipinski definition) is 1. The van der Waals surface area contributed by atoms with Crippen LogP contribution in [0.5, 0.6) is 0 Å². The van der Waals surface area contributed by atoms with Crippen LogP contribution in [0.15, 0.2) is 18.3 Å². The number of carbonyl (C=O) groups is 1. The summed E-state index contributed by atoms with van der Waals surface area (Å²) in [7, 11) is 0. The van der Waals surface area contributed by atoms with Crippen LogP contribution in [0.3, 0.4) is 0 Å². The van der Waals surface area contributed by atoms with Crippen molar-refractivity contribution in [2.75, 3.05) is 13.2 Å². The highest BCUT2D eigenvalue weighted by Gasteiger charge is 2.58. The minimum absolute atomic E-state index is 0.0245. The monoisotopic (exact) mass is 290 g/mol. The molecule has 2 rings (SSSR count). The van der Waals surface area contributed by atoms with E-state index in [0.29, 0.717) is 13.0 Å². The molecule has 0 aromatic carbocycles. The number of esters is 1. The second kappa shape index (κ2) is 5.47. The van der Waals surface area contributed by atoms with Crippen molar-refractivity contribution in [1.82, 2.24) is 9.88 Å². The predicted octanol–water partition coefficient (Wildman–Crippen LogP) is 2.19. The number of alkyl halides is 3. The third-order valence-electron chi connectivity index (χ3n) is 3.51. The maximum atomic E-state index is 13.5. The van der Waals surface area contributed by atoms with E-state index in [2.05, 4.69) is 5.32 Å². The van der Waals surface area contributed by atoms with Crippen molar-refractivity contribution in [2.24, 2.45) is 0 Å². The molecule has 1 aromatic heterocycles. The highest BCUT2D eigenvalue weighted by atomic mass is 19.4. The highest BCUT2D eigenvalue weighted by Crippen LogP contribution is 2.45. The number of aromatic nitrogens is 1. The molecule has 7 heteroatoms. The van der Waals surface area contributed by atoms with Gasteiger partial charge in [-0.1, -0.05) is 0 Å². The van der Waals surface area contributed by atoms with Crippen LogP contribution >= 0.6 is 0 Å². The third-order valence-corrected chi connectivity index (χ3v) is 3.51. The van der Waals surface area contributed by atoms with Crippen LogP contribution < -0.4 is 5.32 Å². The Hall–Kier alpha value is -1.50. The zero-order valence-corrected chi connectivity index (χ0v) is 11.2. The van der Waals surface area contributed by atoms with E-state index in [1.807, 2.05) is 0 Å². The first-order valence-corrected chi connectivity index (χ1v) is 6.54. The predicted molar refractivity (Wildman–Crippen MR) is 66.0 cm³/mol. The molecule has 1 N–H and O–H groups in total. The van der Waals surface area contributed by atoms with Crippen molar-refractivity contribution in [2.45, 2.75) is 38.0 Å². The molecule has 0 radical (unpaired) electrons. The molecule has 1 aliphatic rings. The van der Waals surface area contributed by atoms with Gasteiger partial charge in [-0.2, -0.15) is 13.2 Å². The lowest BCUT2D eigenvalue weighted by Gasteiger charge is -2.33. The standard InChI is InChI=1S/C13H17F3N2O2/c1-2-20-11(19)9-18-8-3-5-10(18)12(13(14,15)16)6-4-7-17-12/h3,5,8,17H,2,4,6-7,9H2,1H3. The summed E-state index contributed by atoms with van der Waals surface area (Å²) in [5.74, 6) is -0.541. The van der Waals surface area contributed by atoms with Crippen LogP contribution in [-0.2, 0) is 21.6 Å². The summed E-state index contributed by atoms with van der Waals surface area (Å²) in [5.41, 5.74) is -2.00. The van der Waals surface area contributed by atoms with E-state index in [0.717, 1.165) is 0 Å². The summed E-state index contributed by atoms with van der Waals surface area (Å²) in [6, 6.07) is 2.92. The average molecular weight is 290 g/mol. The van der Waals surface area contributed by atoms with E-state index in [-0.39, 0.29) is 25.3 Å².